The summed E-state index contributed by atoms with van der Waals surface area (Å²) < 4.78 is 10.6. The summed E-state index contributed by atoms with van der Waals surface area (Å²) in [5, 5.41) is 4.06. The third-order valence-corrected chi connectivity index (χ3v) is 6.43. The van der Waals surface area contributed by atoms with E-state index in [9.17, 15) is 14.4 Å². The fraction of sp³-hybridized carbons (Fsp3) is 0.320. The van der Waals surface area contributed by atoms with Gasteiger partial charge in [0.15, 0.2) is 0 Å². The van der Waals surface area contributed by atoms with Crippen LogP contribution < -0.4 is 4.74 Å². The highest BCUT2D eigenvalue weighted by Gasteiger charge is 2.42. The Kier molecular flexibility index (Phi) is 6.04. The van der Waals surface area contributed by atoms with Gasteiger partial charge >= 0.3 is 0 Å². The summed E-state index contributed by atoms with van der Waals surface area (Å²) in [6.45, 7) is 4.26. The van der Waals surface area contributed by atoms with Gasteiger partial charge in [-0.2, -0.15) is 4.98 Å². The molecule has 3 heterocycles. The van der Waals surface area contributed by atoms with Gasteiger partial charge in [0.25, 0.3) is 11.8 Å². The Hall–Kier alpha value is -4.05. The molecule has 0 bridgehead atoms. The zero-order chi connectivity index (χ0) is 24.5. The van der Waals surface area contributed by atoms with E-state index in [4.69, 9.17) is 9.26 Å². The molecule has 2 aromatic carbocycles. The van der Waals surface area contributed by atoms with Crippen molar-refractivity contribution in [3.63, 3.8) is 0 Å². The van der Waals surface area contributed by atoms with Crippen LogP contribution in [-0.4, -0.2) is 81.9 Å². The highest BCUT2D eigenvalue weighted by atomic mass is 16.5. The number of methoxy groups -OCH3 is 1. The number of hydrogen-bond acceptors (Lipinski definition) is 8. The van der Waals surface area contributed by atoms with E-state index in [1.807, 2.05) is 24.3 Å². The van der Waals surface area contributed by atoms with E-state index < -0.39 is 17.9 Å². The normalized spacial score (nSPS) is 17.0. The van der Waals surface area contributed by atoms with Gasteiger partial charge in [0.2, 0.25) is 17.6 Å². The SMILES string of the molecule is COc1ccc(-c2noc(CN3CCN(C(=O)C(C)N4C(=O)c5ccccc5C4=O)CC3)n2)cc1. The largest absolute Gasteiger partial charge is 0.497 e. The zero-order valence-electron chi connectivity index (χ0n) is 19.5. The number of nitrogens with zero attached hydrogens (tertiary/aromatic N) is 5. The van der Waals surface area contributed by atoms with E-state index in [-0.39, 0.29) is 5.91 Å². The van der Waals surface area contributed by atoms with Crippen molar-refractivity contribution in [2.24, 2.45) is 0 Å². The smallest absolute Gasteiger partial charge is 0.262 e. The number of carbonyl (C=O) groups is 3. The predicted octanol–water partition coefficient (Wildman–Crippen LogP) is 2.07. The maximum absolute atomic E-state index is 13.1. The average molecular weight is 476 g/mol. The van der Waals surface area contributed by atoms with E-state index >= 15 is 0 Å². The molecule has 1 atom stereocenters. The van der Waals surface area contributed by atoms with E-state index in [0.29, 0.717) is 55.6 Å². The molecule has 5 rings (SSSR count). The maximum Gasteiger partial charge on any atom is 0.262 e. The molecular formula is C25H25N5O5. The Labute approximate surface area is 202 Å². The monoisotopic (exact) mass is 475 g/mol. The van der Waals surface area contributed by atoms with Crippen LogP contribution in [0, 0.1) is 0 Å². The van der Waals surface area contributed by atoms with Crippen LogP contribution in [0.15, 0.2) is 53.1 Å². The highest BCUT2D eigenvalue weighted by molar-refractivity contribution is 6.22. The molecule has 3 amide bonds. The molecule has 10 nitrogen and oxygen atoms in total. The quantitative estimate of drug-likeness (QED) is 0.499. The van der Waals surface area contributed by atoms with Gasteiger partial charge in [-0.15, -0.1) is 0 Å². The summed E-state index contributed by atoms with van der Waals surface area (Å²) in [5.74, 6) is 0.672. The molecule has 1 fully saturated rings. The Bertz CT molecular complexity index is 1230. The molecule has 1 unspecified atom stereocenters. The molecule has 2 aliphatic rings. The Morgan fingerprint density at radius 1 is 1.00 bits per heavy atom. The van der Waals surface area contributed by atoms with E-state index in [0.717, 1.165) is 16.2 Å². The van der Waals surface area contributed by atoms with E-state index in [1.165, 1.54) is 0 Å². The number of amides is 3. The number of aromatic nitrogens is 2. The van der Waals surface area contributed by atoms with Gasteiger partial charge in [-0.1, -0.05) is 17.3 Å². The maximum atomic E-state index is 13.1. The minimum absolute atomic E-state index is 0.237. The second-order valence-electron chi connectivity index (χ2n) is 8.54. The Balaban J connectivity index is 1.16. The number of piperazine rings is 1. The van der Waals surface area contributed by atoms with Crippen molar-refractivity contribution in [2.45, 2.75) is 19.5 Å². The second-order valence-corrected chi connectivity index (χ2v) is 8.54. The number of imide groups is 1. The number of rotatable bonds is 6. The molecule has 0 N–H and O–H groups in total. The van der Waals surface area contributed by atoms with Crippen LogP contribution in [0.2, 0.25) is 0 Å². The van der Waals surface area contributed by atoms with Crippen molar-refractivity contribution in [1.82, 2.24) is 24.8 Å². The lowest BCUT2D eigenvalue weighted by Gasteiger charge is -2.36. The summed E-state index contributed by atoms with van der Waals surface area (Å²) in [7, 11) is 1.61. The molecule has 0 radical (unpaired) electrons. The van der Waals surface area contributed by atoms with E-state index in [2.05, 4.69) is 15.0 Å². The molecule has 0 spiro atoms. The summed E-state index contributed by atoms with van der Waals surface area (Å²) in [4.78, 5) is 47.9. The predicted molar refractivity (Wildman–Crippen MR) is 125 cm³/mol. The standard InChI is InChI=1S/C25H25N5O5/c1-16(30-24(32)19-5-3-4-6-20(19)25(30)33)23(31)29-13-11-28(12-14-29)15-21-26-22(27-35-21)17-7-9-18(34-2)10-8-17/h3-10,16H,11-15H2,1-2H3. The third kappa shape index (κ3) is 4.28. The molecule has 1 saturated heterocycles. The Morgan fingerprint density at radius 2 is 1.63 bits per heavy atom. The van der Waals surface area contributed by atoms with Crippen molar-refractivity contribution < 1.29 is 23.6 Å². The van der Waals surface area contributed by atoms with Crippen molar-refractivity contribution in [3.8, 4) is 17.1 Å². The van der Waals surface area contributed by atoms with Gasteiger partial charge < -0.3 is 14.2 Å². The highest BCUT2D eigenvalue weighted by Crippen LogP contribution is 2.25. The summed E-state index contributed by atoms with van der Waals surface area (Å²) in [6, 6.07) is 13.2. The fourth-order valence-corrected chi connectivity index (χ4v) is 4.43. The molecule has 180 valence electrons. The first-order chi connectivity index (χ1) is 17.0. The summed E-state index contributed by atoms with van der Waals surface area (Å²) in [5.41, 5.74) is 1.52. The number of ether oxygens (including phenoxy) is 1. The van der Waals surface area contributed by atoms with Gasteiger partial charge in [0, 0.05) is 31.7 Å². The average Bonchev–Trinajstić information content (AvgIpc) is 3.46. The van der Waals surface area contributed by atoms with Crippen molar-refractivity contribution in [3.05, 3.63) is 65.5 Å². The third-order valence-electron chi connectivity index (χ3n) is 6.43. The summed E-state index contributed by atoms with van der Waals surface area (Å²) in [6.07, 6.45) is 0. The van der Waals surface area contributed by atoms with Crippen LogP contribution in [0.4, 0.5) is 0 Å². The van der Waals surface area contributed by atoms with Crippen LogP contribution in [0.3, 0.4) is 0 Å². The molecule has 1 aromatic heterocycles. The van der Waals surface area contributed by atoms with Crippen LogP contribution >= 0.6 is 0 Å². The first kappa shape index (κ1) is 22.7. The van der Waals surface area contributed by atoms with Gasteiger partial charge in [-0.3, -0.25) is 24.2 Å². The van der Waals surface area contributed by atoms with Gasteiger partial charge in [0.05, 0.1) is 24.8 Å². The van der Waals surface area contributed by atoms with Crippen LogP contribution in [0.5, 0.6) is 5.75 Å². The first-order valence-electron chi connectivity index (χ1n) is 11.4. The molecule has 35 heavy (non-hydrogen) atoms. The van der Waals surface area contributed by atoms with Gasteiger partial charge in [0.1, 0.15) is 11.8 Å². The lowest BCUT2D eigenvalue weighted by atomic mass is 10.1. The van der Waals surface area contributed by atoms with Crippen LogP contribution in [-0.2, 0) is 11.3 Å². The number of fused-ring (bicyclic) bond motifs is 1. The summed E-state index contributed by atoms with van der Waals surface area (Å²) >= 11 is 0. The number of benzene rings is 2. The van der Waals surface area contributed by atoms with Gasteiger partial charge in [-0.25, -0.2) is 0 Å². The molecule has 10 heteroatoms. The number of hydrogen-bond donors (Lipinski definition) is 0. The molecule has 0 saturated carbocycles. The van der Waals surface area contributed by atoms with E-state index in [1.54, 1.807) is 43.2 Å². The minimum Gasteiger partial charge on any atom is -0.497 e. The lowest BCUT2D eigenvalue weighted by molar-refractivity contribution is -0.136. The van der Waals surface area contributed by atoms with Crippen LogP contribution in [0.1, 0.15) is 33.5 Å². The lowest BCUT2D eigenvalue weighted by Crippen LogP contribution is -2.55. The molecule has 0 aliphatic carbocycles. The minimum atomic E-state index is -0.864. The van der Waals surface area contributed by atoms with Crippen LogP contribution in [0.25, 0.3) is 11.4 Å². The van der Waals surface area contributed by atoms with Crippen molar-refractivity contribution >= 4 is 17.7 Å². The number of carbonyl (C=O) groups excluding carboxylic acids is 3. The van der Waals surface area contributed by atoms with Gasteiger partial charge in [-0.05, 0) is 43.3 Å². The zero-order valence-corrected chi connectivity index (χ0v) is 19.5. The molecule has 2 aliphatic heterocycles. The molecule has 3 aromatic rings. The topological polar surface area (TPSA) is 109 Å². The Morgan fingerprint density at radius 3 is 2.23 bits per heavy atom. The molecular weight excluding hydrogens is 450 g/mol. The van der Waals surface area contributed by atoms with Crippen molar-refractivity contribution in [1.29, 1.82) is 0 Å². The first-order valence-corrected chi connectivity index (χ1v) is 11.4. The van der Waals surface area contributed by atoms with Crippen molar-refractivity contribution in [2.75, 3.05) is 33.3 Å². The second kappa shape index (κ2) is 9.30. The fourth-order valence-electron chi connectivity index (χ4n) is 4.43.